The first-order chi connectivity index (χ1) is 9.16. The molecule has 0 aliphatic heterocycles. The molecule has 0 saturated heterocycles. The third-order valence-electron chi connectivity index (χ3n) is 2.83. The van der Waals surface area contributed by atoms with E-state index in [2.05, 4.69) is 21.0 Å². The van der Waals surface area contributed by atoms with E-state index in [4.69, 9.17) is 0 Å². The quantitative estimate of drug-likeness (QED) is 0.690. The van der Waals surface area contributed by atoms with Crippen molar-refractivity contribution in [3.8, 4) is 5.69 Å². The van der Waals surface area contributed by atoms with Gasteiger partial charge in [-0.1, -0.05) is 18.2 Å². The minimum atomic E-state index is -0.350. The smallest absolute Gasteiger partial charge is 0.267 e. The second-order valence-corrected chi connectivity index (χ2v) is 4.78. The Morgan fingerprint density at radius 3 is 2.32 bits per heavy atom. The molecule has 0 unspecified atom stereocenters. The first kappa shape index (κ1) is 12.0. The first-order valence-corrected chi connectivity index (χ1v) is 6.39. The maximum absolute atomic E-state index is 12.9. The molecule has 5 heteroatoms. The molecular formula is C14H8BrFN2O. The summed E-state index contributed by atoms with van der Waals surface area (Å²) in [6.07, 6.45) is 0. The predicted octanol–water partition coefficient (Wildman–Crippen LogP) is 3.29. The second-order valence-electron chi connectivity index (χ2n) is 4.03. The van der Waals surface area contributed by atoms with E-state index in [1.54, 1.807) is 12.1 Å². The van der Waals surface area contributed by atoms with E-state index in [1.807, 2.05) is 12.1 Å². The molecule has 0 amide bonds. The Labute approximate surface area is 116 Å². The third-order valence-corrected chi connectivity index (χ3v) is 3.42. The first-order valence-electron chi connectivity index (χ1n) is 5.60. The molecule has 0 aliphatic rings. The monoisotopic (exact) mass is 318 g/mol. The lowest BCUT2D eigenvalue weighted by molar-refractivity contribution is 0.626. The van der Waals surface area contributed by atoms with Crippen LogP contribution in [0.2, 0.25) is 0 Å². The average Bonchev–Trinajstić information content (AvgIpc) is 2.44. The highest BCUT2D eigenvalue weighted by Crippen LogP contribution is 2.19. The predicted molar refractivity (Wildman–Crippen MR) is 75.0 cm³/mol. The Balaban J connectivity index is 2.34. The van der Waals surface area contributed by atoms with Crippen molar-refractivity contribution >= 4 is 26.7 Å². The van der Waals surface area contributed by atoms with Crippen LogP contribution in [-0.2, 0) is 0 Å². The SMILES string of the molecule is O=c1c2ccccc2c(Br)nn1-c1ccc(F)cc1. The molecule has 94 valence electrons. The summed E-state index contributed by atoms with van der Waals surface area (Å²) in [5.41, 5.74) is 0.295. The summed E-state index contributed by atoms with van der Waals surface area (Å²) in [6.45, 7) is 0. The van der Waals surface area contributed by atoms with Crippen molar-refractivity contribution in [2.75, 3.05) is 0 Å². The highest BCUT2D eigenvalue weighted by atomic mass is 79.9. The van der Waals surface area contributed by atoms with Gasteiger partial charge in [-0.3, -0.25) is 4.79 Å². The number of fused-ring (bicyclic) bond motifs is 1. The van der Waals surface area contributed by atoms with Gasteiger partial charge in [0.1, 0.15) is 10.4 Å². The average molecular weight is 319 g/mol. The van der Waals surface area contributed by atoms with Gasteiger partial charge in [0.05, 0.1) is 11.1 Å². The molecule has 3 nitrogen and oxygen atoms in total. The zero-order chi connectivity index (χ0) is 13.4. The van der Waals surface area contributed by atoms with Crippen molar-refractivity contribution in [1.29, 1.82) is 0 Å². The van der Waals surface area contributed by atoms with Gasteiger partial charge >= 0.3 is 0 Å². The van der Waals surface area contributed by atoms with Crippen LogP contribution < -0.4 is 5.56 Å². The number of benzene rings is 2. The zero-order valence-corrected chi connectivity index (χ0v) is 11.3. The molecule has 0 saturated carbocycles. The van der Waals surface area contributed by atoms with Gasteiger partial charge in [0.2, 0.25) is 0 Å². The zero-order valence-electron chi connectivity index (χ0n) is 9.68. The van der Waals surface area contributed by atoms with Crippen molar-refractivity contribution in [2.45, 2.75) is 0 Å². The minimum Gasteiger partial charge on any atom is -0.267 e. The number of nitrogens with zero attached hydrogens (tertiary/aromatic N) is 2. The number of rotatable bonds is 1. The molecule has 1 aromatic heterocycles. The standard InChI is InChI=1S/C14H8BrFN2O/c15-13-11-3-1-2-4-12(11)14(19)18(17-13)10-7-5-9(16)6-8-10/h1-8H. The molecule has 0 bridgehead atoms. The summed E-state index contributed by atoms with van der Waals surface area (Å²) >= 11 is 3.35. The van der Waals surface area contributed by atoms with Gasteiger partial charge < -0.3 is 0 Å². The summed E-state index contributed by atoms with van der Waals surface area (Å²) in [7, 11) is 0. The molecule has 3 rings (SSSR count). The second kappa shape index (κ2) is 4.59. The largest absolute Gasteiger partial charge is 0.279 e. The van der Waals surface area contributed by atoms with Gasteiger partial charge in [-0.05, 0) is 46.3 Å². The fourth-order valence-electron chi connectivity index (χ4n) is 1.91. The van der Waals surface area contributed by atoms with E-state index in [9.17, 15) is 9.18 Å². The summed E-state index contributed by atoms with van der Waals surface area (Å²) < 4.78 is 14.7. The van der Waals surface area contributed by atoms with Crippen LogP contribution in [0.5, 0.6) is 0 Å². The molecule has 1 heterocycles. The van der Waals surface area contributed by atoms with Crippen LogP contribution in [0.25, 0.3) is 16.5 Å². The Kier molecular flexibility index (Phi) is 2.91. The Morgan fingerprint density at radius 2 is 1.63 bits per heavy atom. The number of halogens is 2. The summed E-state index contributed by atoms with van der Waals surface area (Å²) in [4.78, 5) is 12.4. The van der Waals surface area contributed by atoms with Crippen LogP contribution in [0.3, 0.4) is 0 Å². The number of aromatic nitrogens is 2. The minimum absolute atomic E-state index is 0.231. The fraction of sp³-hybridized carbons (Fsp3) is 0. The topological polar surface area (TPSA) is 34.9 Å². The van der Waals surface area contributed by atoms with Crippen LogP contribution in [0.1, 0.15) is 0 Å². The lowest BCUT2D eigenvalue weighted by Gasteiger charge is -2.07. The fourth-order valence-corrected chi connectivity index (χ4v) is 2.41. The van der Waals surface area contributed by atoms with Crippen molar-refractivity contribution in [1.82, 2.24) is 9.78 Å². The van der Waals surface area contributed by atoms with Gasteiger partial charge in [-0.2, -0.15) is 9.78 Å². The summed E-state index contributed by atoms with van der Waals surface area (Å²) in [6, 6.07) is 12.8. The number of hydrogen-bond acceptors (Lipinski definition) is 2. The van der Waals surface area contributed by atoms with E-state index >= 15 is 0 Å². The van der Waals surface area contributed by atoms with Crippen molar-refractivity contribution in [3.05, 3.63) is 69.3 Å². The normalized spacial score (nSPS) is 10.8. The van der Waals surface area contributed by atoms with E-state index in [0.29, 0.717) is 15.7 Å². The molecular weight excluding hydrogens is 311 g/mol. The van der Waals surface area contributed by atoms with Crippen LogP contribution in [0.15, 0.2) is 57.9 Å². The van der Waals surface area contributed by atoms with Gasteiger partial charge in [0, 0.05) is 5.39 Å². The van der Waals surface area contributed by atoms with Gasteiger partial charge in [-0.25, -0.2) is 4.39 Å². The molecule has 0 atom stereocenters. The maximum Gasteiger partial charge on any atom is 0.279 e. The van der Waals surface area contributed by atoms with Crippen LogP contribution in [-0.4, -0.2) is 9.78 Å². The van der Waals surface area contributed by atoms with Gasteiger partial charge in [-0.15, -0.1) is 0 Å². The Bertz CT molecular complexity index is 812. The number of hydrogen-bond donors (Lipinski definition) is 0. The van der Waals surface area contributed by atoms with Gasteiger partial charge in [0.25, 0.3) is 5.56 Å². The Morgan fingerprint density at radius 1 is 1.00 bits per heavy atom. The van der Waals surface area contributed by atoms with E-state index in [0.717, 1.165) is 5.39 Å². The van der Waals surface area contributed by atoms with Crippen LogP contribution in [0, 0.1) is 5.82 Å². The summed E-state index contributed by atoms with van der Waals surface area (Å²) in [5.74, 6) is -0.350. The molecule has 19 heavy (non-hydrogen) atoms. The van der Waals surface area contributed by atoms with Crippen molar-refractivity contribution in [3.63, 3.8) is 0 Å². The van der Waals surface area contributed by atoms with Crippen molar-refractivity contribution in [2.24, 2.45) is 0 Å². The molecule has 3 aromatic rings. The lowest BCUT2D eigenvalue weighted by atomic mass is 10.2. The molecule has 2 aromatic carbocycles. The molecule has 0 N–H and O–H groups in total. The van der Waals surface area contributed by atoms with Crippen LogP contribution >= 0.6 is 15.9 Å². The highest BCUT2D eigenvalue weighted by Gasteiger charge is 2.09. The van der Waals surface area contributed by atoms with Crippen LogP contribution in [0.4, 0.5) is 4.39 Å². The molecule has 0 aliphatic carbocycles. The highest BCUT2D eigenvalue weighted by molar-refractivity contribution is 9.10. The Hall–Kier alpha value is -2.01. The third kappa shape index (κ3) is 2.06. The van der Waals surface area contributed by atoms with E-state index in [1.165, 1.54) is 28.9 Å². The molecule has 0 spiro atoms. The maximum atomic E-state index is 12.9. The molecule has 0 fully saturated rings. The lowest BCUT2D eigenvalue weighted by Crippen LogP contribution is -2.21. The van der Waals surface area contributed by atoms with E-state index in [-0.39, 0.29) is 11.4 Å². The summed E-state index contributed by atoms with van der Waals surface area (Å²) in [5, 5.41) is 5.52. The van der Waals surface area contributed by atoms with E-state index < -0.39 is 0 Å². The molecule has 0 radical (unpaired) electrons. The van der Waals surface area contributed by atoms with Gasteiger partial charge in [0.15, 0.2) is 0 Å². The van der Waals surface area contributed by atoms with Crippen molar-refractivity contribution < 1.29 is 4.39 Å².